The Balaban J connectivity index is 0.00000225. The maximum absolute atomic E-state index is 11.3. The minimum absolute atomic E-state index is 0. The van der Waals surface area contributed by atoms with Gasteiger partial charge in [0.15, 0.2) is 0 Å². The first kappa shape index (κ1) is 14.9. The van der Waals surface area contributed by atoms with Crippen LogP contribution in [0.5, 0.6) is 0 Å². The number of nitrogens with one attached hydrogen (secondary N) is 2. The molecule has 0 bridgehead atoms. The molecule has 3 nitrogen and oxygen atoms in total. The predicted octanol–water partition coefficient (Wildman–Crippen LogP) is 1.64. The van der Waals surface area contributed by atoms with Gasteiger partial charge in [0, 0.05) is 19.5 Å². The third-order valence-corrected chi connectivity index (χ3v) is 2.34. The lowest BCUT2D eigenvalue weighted by atomic mass is 10.1. The van der Waals surface area contributed by atoms with E-state index in [9.17, 15) is 4.79 Å². The quantitative estimate of drug-likeness (QED) is 0.824. The summed E-state index contributed by atoms with van der Waals surface area (Å²) in [5.74, 6) is 0.0904. The van der Waals surface area contributed by atoms with Crippen LogP contribution in [0.4, 0.5) is 0 Å². The lowest BCUT2D eigenvalue weighted by molar-refractivity contribution is -0.121. The maximum atomic E-state index is 11.3. The van der Waals surface area contributed by atoms with E-state index in [2.05, 4.69) is 23.6 Å². The van der Waals surface area contributed by atoms with Crippen molar-refractivity contribution in [1.29, 1.82) is 0 Å². The summed E-state index contributed by atoms with van der Waals surface area (Å²) in [4.78, 5) is 11.3. The van der Waals surface area contributed by atoms with Crippen LogP contribution < -0.4 is 10.6 Å². The van der Waals surface area contributed by atoms with Crippen molar-refractivity contribution < 1.29 is 4.79 Å². The molecule has 90 valence electrons. The molecule has 1 aromatic rings. The van der Waals surface area contributed by atoms with E-state index in [0.29, 0.717) is 13.0 Å². The fourth-order valence-corrected chi connectivity index (χ4v) is 1.33. The zero-order valence-electron chi connectivity index (χ0n) is 9.75. The number of amides is 1. The highest BCUT2D eigenvalue weighted by Gasteiger charge is 2.01. The van der Waals surface area contributed by atoms with E-state index in [1.807, 2.05) is 25.2 Å². The Bertz CT molecular complexity index is 329. The molecule has 2 N–H and O–H groups in total. The average Bonchev–Trinajstić information content (AvgIpc) is 2.25. The Morgan fingerprint density at radius 2 is 2.00 bits per heavy atom. The highest BCUT2D eigenvalue weighted by atomic mass is 35.5. The van der Waals surface area contributed by atoms with Crippen molar-refractivity contribution in [3.8, 4) is 0 Å². The molecule has 1 amide bonds. The summed E-state index contributed by atoms with van der Waals surface area (Å²) in [6.45, 7) is 3.39. The molecule has 0 heterocycles. The normalized spacial score (nSPS) is 9.38. The van der Waals surface area contributed by atoms with Crippen LogP contribution in [0.1, 0.15) is 17.5 Å². The summed E-state index contributed by atoms with van der Waals surface area (Å²) in [5, 5.41) is 5.84. The van der Waals surface area contributed by atoms with E-state index in [1.165, 1.54) is 11.1 Å². The monoisotopic (exact) mass is 242 g/mol. The minimum Gasteiger partial charge on any atom is -0.352 e. The molecule has 0 unspecified atom stereocenters. The number of hydrogen-bond donors (Lipinski definition) is 2. The van der Waals surface area contributed by atoms with E-state index in [1.54, 1.807) is 0 Å². The summed E-state index contributed by atoms with van der Waals surface area (Å²) < 4.78 is 0. The molecule has 0 aromatic heterocycles. The van der Waals surface area contributed by atoms with Gasteiger partial charge in [-0.1, -0.05) is 24.3 Å². The van der Waals surface area contributed by atoms with Gasteiger partial charge in [0.05, 0.1) is 0 Å². The van der Waals surface area contributed by atoms with Crippen LogP contribution in [-0.4, -0.2) is 19.5 Å². The molecule has 0 radical (unpaired) electrons. The molecule has 1 aromatic carbocycles. The standard InChI is InChI=1S/C12H18N2O.ClH/c1-10-5-3-4-6-11(10)9-14-12(15)7-8-13-2;/h3-6,13H,7-9H2,1-2H3,(H,14,15);1H. The van der Waals surface area contributed by atoms with Crippen LogP contribution in [-0.2, 0) is 11.3 Å². The summed E-state index contributed by atoms with van der Waals surface area (Å²) in [7, 11) is 1.84. The second-order valence-electron chi connectivity index (χ2n) is 3.56. The topological polar surface area (TPSA) is 41.1 Å². The van der Waals surface area contributed by atoms with Crippen molar-refractivity contribution in [2.24, 2.45) is 0 Å². The highest BCUT2D eigenvalue weighted by molar-refractivity contribution is 5.85. The smallest absolute Gasteiger partial charge is 0.221 e. The summed E-state index contributed by atoms with van der Waals surface area (Å²) in [6, 6.07) is 8.08. The zero-order chi connectivity index (χ0) is 11.1. The van der Waals surface area contributed by atoms with Gasteiger partial charge in [-0.15, -0.1) is 12.4 Å². The molecule has 1 rings (SSSR count). The van der Waals surface area contributed by atoms with Crippen molar-refractivity contribution in [2.75, 3.05) is 13.6 Å². The first-order chi connectivity index (χ1) is 7.24. The zero-order valence-corrected chi connectivity index (χ0v) is 10.6. The van der Waals surface area contributed by atoms with E-state index in [4.69, 9.17) is 0 Å². The lowest BCUT2D eigenvalue weighted by Gasteiger charge is -2.07. The number of aryl methyl sites for hydroxylation is 1. The van der Waals surface area contributed by atoms with Crippen LogP contribution in [0.15, 0.2) is 24.3 Å². The average molecular weight is 243 g/mol. The Morgan fingerprint density at radius 3 is 2.62 bits per heavy atom. The predicted molar refractivity (Wildman–Crippen MR) is 68.8 cm³/mol. The van der Waals surface area contributed by atoms with Crippen LogP contribution in [0.3, 0.4) is 0 Å². The number of rotatable bonds is 5. The van der Waals surface area contributed by atoms with E-state index < -0.39 is 0 Å². The molecule has 0 saturated heterocycles. The van der Waals surface area contributed by atoms with Crippen molar-refractivity contribution >= 4 is 18.3 Å². The molecule has 0 aliphatic heterocycles. The van der Waals surface area contributed by atoms with Crippen molar-refractivity contribution in [3.63, 3.8) is 0 Å². The van der Waals surface area contributed by atoms with Crippen LogP contribution in [0.2, 0.25) is 0 Å². The largest absolute Gasteiger partial charge is 0.352 e. The third-order valence-electron chi connectivity index (χ3n) is 2.34. The van der Waals surface area contributed by atoms with Gasteiger partial charge >= 0.3 is 0 Å². The molecule has 0 atom stereocenters. The Labute approximate surface area is 103 Å². The first-order valence-corrected chi connectivity index (χ1v) is 5.20. The number of halogens is 1. The number of carbonyl (C=O) groups is 1. The van der Waals surface area contributed by atoms with Gasteiger partial charge in [0.1, 0.15) is 0 Å². The van der Waals surface area contributed by atoms with Gasteiger partial charge < -0.3 is 10.6 Å². The Morgan fingerprint density at radius 1 is 1.31 bits per heavy atom. The fraction of sp³-hybridized carbons (Fsp3) is 0.417. The fourth-order valence-electron chi connectivity index (χ4n) is 1.33. The van der Waals surface area contributed by atoms with Crippen LogP contribution >= 0.6 is 12.4 Å². The Kier molecular flexibility index (Phi) is 7.60. The Hall–Kier alpha value is -1.06. The summed E-state index contributed by atoms with van der Waals surface area (Å²) in [5.41, 5.74) is 2.39. The summed E-state index contributed by atoms with van der Waals surface area (Å²) in [6.07, 6.45) is 0.530. The number of carbonyl (C=O) groups excluding carboxylic acids is 1. The first-order valence-electron chi connectivity index (χ1n) is 5.20. The van der Waals surface area contributed by atoms with Crippen molar-refractivity contribution in [1.82, 2.24) is 10.6 Å². The van der Waals surface area contributed by atoms with Gasteiger partial charge in [-0.05, 0) is 25.1 Å². The molecular formula is C12H19ClN2O. The van der Waals surface area contributed by atoms with Gasteiger partial charge in [-0.25, -0.2) is 0 Å². The highest BCUT2D eigenvalue weighted by Crippen LogP contribution is 2.05. The molecule has 0 spiro atoms. The molecule has 0 saturated carbocycles. The number of benzene rings is 1. The molecule has 4 heteroatoms. The van der Waals surface area contributed by atoms with E-state index >= 15 is 0 Å². The maximum Gasteiger partial charge on any atom is 0.221 e. The molecule has 0 aliphatic carbocycles. The second-order valence-corrected chi connectivity index (χ2v) is 3.56. The van der Waals surface area contributed by atoms with Crippen molar-refractivity contribution in [2.45, 2.75) is 19.9 Å². The van der Waals surface area contributed by atoms with Crippen LogP contribution in [0.25, 0.3) is 0 Å². The second kappa shape index (κ2) is 8.13. The minimum atomic E-state index is 0. The molecule has 0 fully saturated rings. The number of hydrogen-bond acceptors (Lipinski definition) is 2. The van der Waals surface area contributed by atoms with E-state index in [0.717, 1.165) is 6.54 Å². The van der Waals surface area contributed by atoms with Crippen LogP contribution in [0, 0.1) is 6.92 Å². The molecular weight excluding hydrogens is 224 g/mol. The van der Waals surface area contributed by atoms with E-state index in [-0.39, 0.29) is 18.3 Å². The van der Waals surface area contributed by atoms with Gasteiger partial charge in [-0.2, -0.15) is 0 Å². The third kappa shape index (κ3) is 5.14. The van der Waals surface area contributed by atoms with Gasteiger partial charge in [-0.3, -0.25) is 4.79 Å². The van der Waals surface area contributed by atoms with Gasteiger partial charge in [0.25, 0.3) is 0 Å². The van der Waals surface area contributed by atoms with Crippen molar-refractivity contribution in [3.05, 3.63) is 35.4 Å². The summed E-state index contributed by atoms with van der Waals surface area (Å²) >= 11 is 0. The SMILES string of the molecule is CNCCC(=O)NCc1ccccc1C.Cl. The molecule has 0 aliphatic rings. The molecule has 16 heavy (non-hydrogen) atoms. The lowest BCUT2D eigenvalue weighted by Crippen LogP contribution is -2.26. The van der Waals surface area contributed by atoms with Gasteiger partial charge in [0.2, 0.25) is 5.91 Å².